The van der Waals surface area contributed by atoms with E-state index in [0.29, 0.717) is 11.6 Å². The van der Waals surface area contributed by atoms with Crippen molar-refractivity contribution in [3.63, 3.8) is 0 Å². The first kappa shape index (κ1) is 19.1. The van der Waals surface area contributed by atoms with Crippen LogP contribution < -0.4 is 15.5 Å². The first-order chi connectivity index (χ1) is 13.1. The van der Waals surface area contributed by atoms with Crippen LogP contribution in [0.2, 0.25) is 0 Å². The highest BCUT2D eigenvalue weighted by Gasteiger charge is 2.13. The molecule has 0 bridgehead atoms. The Hall–Kier alpha value is -2.67. The smallest absolute Gasteiger partial charge is 0.274 e. The van der Waals surface area contributed by atoms with Crippen molar-refractivity contribution in [1.82, 2.24) is 14.9 Å². The van der Waals surface area contributed by atoms with Gasteiger partial charge in [0.05, 0.1) is 0 Å². The lowest BCUT2D eigenvalue weighted by Gasteiger charge is -2.17. The molecule has 144 valence electrons. The number of aromatic nitrogens is 2. The maximum atomic E-state index is 12.5. The highest BCUT2D eigenvalue weighted by atomic mass is 16.1. The summed E-state index contributed by atoms with van der Waals surface area (Å²) in [6, 6.07) is 9.61. The third-order valence-corrected chi connectivity index (χ3v) is 4.55. The second-order valence-corrected chi connectivity index (χ2v) is 7.04. The van der Waals surface area contributed by atoms with Gasteiger partial charge in [-0.2, -0.15) is 0 Å². The van der Waals surface area contributed by atoms with Crippen LogP contribution in [0.25, 0.3) is 0 Å². The fraction of sp³-hybridized carbons (Fsp3) is 0.450. The number of amides is 1. The minimum atomic E-state index is -0.234. The van der Waals surface area contributed by atoms with E-state index in [1.807, 2.05) is 26.2 Å². The number of hydrogen-bond acceptors (Lipinski definition) is 6. The summed E-state index contributed by atoms with van der Waals surface area (Å²) >= 11 is 0. The number of nitrogens with one attached hydrogen (secondary N) is 2. The summed E-state index contributed by atoms with van der Waals surface area (Å²) in [7, 11) is 4.08. The molecule has 0 radical (unpaired) electrons. The van der Waals surface area contributed by atoms with Gasteiger partial charge in [-0.05, 0) is 70.2 Å². The van der Waals surface area contributed by atoms with Gasteiger partial charge in [0.1, 0.15) is 5.69 Å². The molecular formula is C20H28N6O. The van der Waals surface area contributed by atoms with Crippen molar-refractivity contribution in [2.45, 2.75) is 19.3 Å². The molecule has 2 heterocycles. The summed E-state index contributed by atoms with van der Waals surface area (Å²) < 4.78 is 0. The predicted octanol–water partition coefficient (Wildman–Crippen LogP) is 2.69. The van der Waals surface area contributed by atoms with Crippen LogP contribution in [-0.4, -0.2) is 61.0 Å². The lowest BCUT2D eigenvalue weighted by atomic mass is 10.2. The summed E-state index contributed by atoms with van der Waals surface area (Å²) in [6.07, 6.45) is 5.08. The second kappa shape index (κ2) is 9.32. The highest BCUT2D eigenvalue weighted by molar-refractivity contribution is 6.03. The molecule has 3 rings (SSSR count). The Kier molecular flexibility index (Phi) is 6.59. The van der Waals surface area contributed by atoms with Gasteiger partial charge in [0.15, 0.2) is 0 Å². The van der Waals surface area contributed by atoms with Gasteiger partial charge in [-0.3, -0.25) is 4.79 Å². The largest absolute Gasteiger partial charge is 0.372 e. The highest BCUT2D eigenvalue weighted by Crippen LogP contribution is 2.22. The predicted molar refractivity (Wildman–Crippen MR) is 110 cm³/mol. The molecule has 1 aliphatic heterocycles. The number of carbonyl (C=O) groups excluding carboxylic acids is 1. The number of hydrogen-bond donors (Lipinski definition) is 2. The van der Waals surface area contributed by atoms with Gasteiger partial charge in [-0.1, -0.05) is 0 Å². The van der Waals surface area contributed by atoms with E-state index in [-0.39, 0.29) is 5.91 Å². The molecule has 0 saturated carbocycles. The third kappa shape index (κ3) is 5.65. The molecule has 0 aliphatic carbocycles. The minimum absolute atomic E-state index is 0.234. The van der Waals surface area contributed by atoms with E-state index < -0.39 is 0 Å². The molecule has 0 atom stereocenters. The maximum absolute atomic E-state index is 12.5. The normalized spacial score (nSPS) is 13.8. The maximum Gasteiger partial charge on any atom is 0.274 e. The fourth-order valence-electron chi connectivity index (χ4n) is 3.09. The number of nitrogens with zero attached hydrogens (tertiary/aromatic N) is 4. The average Bonchev–Trinajstić information content (AvgIpc) is 3.21. The molecule has 1 fully saturated rings. The Morgan fingerprint density at radius 2 is 1.89 bits per heavy atom. The Balaban J connectivity index is 1.55. The molecule has 27 heavy (non-hydrogen) atoms. The monoisotopic (exact) mass is 368 g/mol. The number of anilines is 3. The quantitative estimate of drug-likeness (QED) is 0.698. The minimum Gasteiger partial charge on any atom is -0.372 e. The van der Waals surface area contributed by atoms with Gasteiger partial charge in [-0.25, -0.2) is 9.97 Å². The summed E-state index contributed by atoms with van der Waals surface area (Å²) in [6.45, 7) is 3.97. The molecule has 2 aromatic rings. The van der Waals surface area contributed by atoms with Gasteiger partial charge in [0.25, 0.3) is 5.91 Å². The molecule has 1 saturated heterocycles. The van der Waals surface area contributed by atoms with Crippen molar-refractivity contribution in [3.8, 4) is 0 Å². The van der Waals surface area contributed by atoms with Crippen LogP contribution in [0.1, 0.15) is 29.8 Å². The molecule has 1 aromatic heterocycles. The molecule has 0 unspecified atom stereocenters. The van der Waals surface area contributed by atoms with E-state index in [9.17, 15) is 4.79 Å². The molecule has 2 N–H and O–H groups in total. The van der Waals surface area contributed by atoms with Gasteiger partial charge in [0.2, 0.25) is 5.95 Å². The van der Waals surface area contributed by atoms with Crippen LogP contribution >= 0.6 is 0 Å². The van der Waals surface area contributed by atoms with Gasteiger partial charge in [0, 0.05) is 37.2 Å². The zero-order chi connectivity index (χ0) is 19.1. The zero-order valence-corrected chi connectivity index (χ0v) is 16.1. The van der Waals surface area contributed by atoms with E-state index >= 15 is 0 Å². The molecule has 1 aromatic carbocycles. The topological polar surface area (TPSA) is 73.4 Å². The lowest BCUT2D eigenvalue weighted by molar-refractivity contribution is 0.102. The summed E-state index contributed by atoms with van der Waals surface area (Å²) in [5.74, 6) is 0.244. The summed E-state index contributed by atoms with van der Waals surface area (Å²) in [5.41, 5.74) is 2.32. The molecule has 0 spiro atoms. The summed E-state index contributed by atoms with van der Waals surface area (Å²) in [4.78, 5) is 25.5. The first-order valence-electron chi connectivity index (χ1n) is 9.50. The SMILES string of the molecule is CN(C)CCCNc1nccc(C(=O)Nc2ccc(N3CCCC3)cc2)n1. The van der Waals surface area contributed by atoms with E-state index in [0.717, 1.165) is 38.3 Å². The second-order valence-electron chi connectivity index (χ2n) is 7.04. The first-order valence-corrected chi connectivity index (χ1v) is 9.50. The fourth-order valence-corrected chi connectivity index (χ4v) is 3.09. The number of carbonyl (C=O) groups is 1. The Bertz CT molecular complexity index is 740. The van der Waals surface area contributed by atoms with Crippen molar-refractivity contribution in [2.24, 2.45) is 0 Å². The molecule has 7 heteroatoms. The molecule has 1 amide bonds. The van der Waals surface area contributed by atoms with Crippen LogP contribution in [0.3, 0.4) is 0 Å². The van der Waals surface area contributed by atoms with Crippen LogP contribution in [-0.2, 0) is 0 Å². The van der Waals surface area contributed by atoms with E-state index in [4.69, 9.17) is 0 Å². The number of rotatable bonds is 8. The standard InChI is InChI=1S/C20H28N6O/c1-25(2)13-5-11-21-20-22-12-10-18(24-20)19(27)23-16-6-8-17(9-7-16)26-14-3-4-15-26/h6-10,12H,3-5,11,13-15H2,1-2H3,(H,23,27)(H,21,22,24). The van der Waals surface area contributed by atoms with Crippen molar-refractivity contribution >= 4 is 23.2 Å². The van der Waals surface area contributed by atoms with E-state index in [2.05, 4.69) is 42.5 Å². The average molecular weight is 368 g/mol. The van der Waals surface area contributed by atoms with E-state index in [1.54, 1.807) is 12.3 Å². The zero-order valence-electron chi connectivity index (χ0n) is 16.1. The van der Waals surface area contributed by atoms with Crippen molar-refractivity contribution in [1.29, 1.82) is 0 Å². The number of benzene rings is 1. The van der Waals surface area contributed by atoms with Crippen LogP contribution in [0, 0.1) is 0 Å². The Labute approximate surface area is 160 Å². The summed E-state index contributed by atoms with van der Waals surface area (Å²) in [5, 5.41) is 6.07. The van der Waals surface area contributed by atoms with Crippen LogP contribution in [0.5, 0.6) is 0 Å². The van der Waals surface area contributed by atoms with Crippen LogP contribution in [0.4, 0.5) is 17.3 Å². The van der Waals surface area contributed by atoms with Crippen molar-refractivity contribution < 1.29 is 4.79 Å². The van der Waals surface area contributed by atoms with E-state index in [1.165, 1.54) is 18.5 Å². The molecular weight excluding hydrogens is 340 g/mol. The Morgan fingerprint density at radius 3 is 2.59 bits per heavy atom. The van der Waals surface area contributed by atoms with Crippen molar-refractivity contribution in [2.75, 3.05) is 55.8 Å². The Morgan fingerprint density at radius 1 is 1.15 bits per heavy atom. The van der Waals surface area contributed by atoms with Gasteiger partial charge in [-0.15, -0.1) is 0 Å². The van der Waals surface area contributed by atoms with Crippen LogP contribution in [0.15, 0.2) is 36.5 Å². The van der Waals surface area contributed by atoms with Gasteiger partial charge < -0.3 is 20.4 Å². The molecule has 7 nitrogen and oxygen atoms in total. The molecule has 1 aliphatic rings. The van der Waals surface area contributed by atoms with Crippen molar-refractivity contribution in [3.05, 3.63) is 42.2 Å². The lowest BCUT2D eigenvalue weighted by Crippen LogP contribution is -2.19. The third-order valence-electron chi connectivity index (χ3n) is 4.55. The van der Waals surface area contributed by atoms with Gasteiger partial charge >= 0.3 is 0 Å².